The number of nitrogens with one attached hydrogen (secondary N) is 2. The van der Waals surface area contributed by atoms with Crippen LogP contribution in [0, 0.1) is 5.41 Å². The molecule has 3 aromatic rings. The molecular weight excluding hydrogens is 534 g/mol. The van der Waals surface area contributed by atoms with Crippen LogP contribution in [0.5, 0.6) is 0 Å². The van der Waals surface area contributed by atoms with Crippen LogP contribution in [0.3, 0.4) is 0 Å². The summed E-state index contributed by atoms with van der Waals surface area (Å²) in [5.74, 6) is 1.46. The van der Waals surface area contributed by atoms with Crippen LogP contribution in [0.2, 0.25) is 0 Å². The second-order valence-corrected chi connectivity index (χ2v) is 13.2. The number of carbonyl (C=O) groups excluding carboxylic acids is 1. The lowest BCUT2D eigenvalue weighted by molar-refractivity contribution is -0.119. The van der Waals surface area contributed by atoms with Crippen LogP contribution in [-0.4, -0.2) is 50.7 Å². The molecule has 5 heterocycles. The standard InChI is InChI=1S/C28H36F2N8OS/c1-27(2,3)11-6-12-31-17-7-8-18(24-36-37-25(40-24)21(29)30)34-20(17)16-9-13-38(14-10-16)23-19-22(32-15-33-23)35-26(39)28(19,4)5/h7-8,15-16,21,31H,6,9-14H2,1-5H3,(H,32,33,35,39). The van der Waals surface area contributed by atoms with Crippen LogP contribution in [0.15, 0.2) is 18.5 Å². The van der Waals surface area contributed by atoms with E-state index in [1.165, 1.54) is 6.33 Å². The SMILES string of the molecule is CC(C)(C)CCCNc1ccc(-c2nnc(C(F)F)s2)nc1C1CCN(c2ncnc3c2C(C)(C)C(=O)N3)CC1. The summed E-state index contributed by atoms with van der Waals surface area (Å²) < 4.78 is 26.3. The molecule has 2 aliphatic heterocycles. The van der Waals surface area contributed by atoms with Crippen LogP contribution < -0.4 is 15.5 Å². The molecule has 0 spiro atoms. The predicted octanol–water partition coefficient (Wildman–Crippen LogP) is 6.18. The van der Waals surface area contributed by atoms with Crippen molar-refractivity contribution < 1.29 is 13.6 Å². The lowest BCUT2D eigenvalue weighted by Gasteiger charge is -2.35. The molecule has 0 aromatic carbocycles. The highest BCUT2D eigenvalue weighted by atomic mass is 32.1. The number of pyridine rings is 1. The first-order valence-corrected chi connectivity index (χ1v) is 14.5. The number of piperidine rings is 1. The average Bonchev–Trinajstić information content (AvgIpc) is 3.49. The molecule has 12 heteroatoms. The number of hydrogen-bond donors (Lipinski definition) is 2. The Kier molecular flexibility index (Phi) is 7.73. The first-order chi connectivity index (χ1) is 18.9. The van der Waals surface area contributed by atoms with Gasteiger partial charge in [0, 0.05) is 25.6 Å². The Labute approximate surface area is 237 Å². The van der Waals surface area contributed by atoms with Crippen molar-refractivity contribution in [2.24, 2.45) is 5.41 Å². The zero-order valence-electron chi connectivity index (χ0n) is 23.6. The lowest BCUT2D eigenvalue weighted by Crippen LogP contribution is -2.36. The Morgan fingerprint density at radius 1 is 1.18 bits per heavy atom. The van der Waals surface area contributed by atoms with Crippen LogP contribution in [0.1, 0.15) is 88.9 Å². The number of amides is 1. The molecule has 2 aliphatic rings. The highest BCUT2D eigenvalue weighted by Gasteiger charge is 2.43. The van der Waals surface area contributed by atoms with Gasteiger partial charge in [-0.05, 0) is 57.1 Å². The fourth-order valence-corrected chi connectivity index (χ4v) is 6.02. The molecule has 0 atom stereocenters. The molecular formula is C28H36F2N8OS. The van der Waals surface area contributed by atoms with Crippen molar-refractivity contribution in [1.29, 1.82) is 0 Å². The van der Waals surface area contributed by atoms with Crippen LogP contribution in [0.25, 0.3) is 10.7 Å². The number of rotatable bonds is 8. The summed E-state index contributed by atoms with van der Waals surface area (Å²) in [4.78, 5) is 28.6. The van der Waals surface area contributed by atoms with Crippen molar-refractivity contribution in [3.05, 3.63) is 34.7 Å². The number of anilines is 3. The van der Waals surface area contributed by atoms with Gasteiger partial charge in [0.25, 0.3) is 6.43 Å². The Morgan fingerprint density at radius 2 is 1.93 bits per heavy atom. The summed E-state index contributed by atoms with van der Waals surface area (Å²) in [6, 6.07) is 3.82. The maximum atomic E-state index is 13.2. The molecule has 2 N–H and O–H groups in total. The third-order valence-corrected chi connectivity index (χ3v) is 8.58. The Balaban J connectivity index is 1.37. The molecule has 3 aromatic heterocycles. The van der Waals surface area contributed by atoms with Gasteiger partial charge in [-0.2, -0.15) is 0 Å². The second-order valence-electron chi connectivity index (χ2n) is 12.2. The fourth-order valence-electron chi connectivity index (χ4n) is 5.35. The van der Waals surface area contributed by atoms with Gasteiger partial charge in [-0.15, -0.1) is 10.2 Å². The summed E-state index contributed by atoms with van der Waals surface area (Å²) in [5, 5.41) is 14.2. The van der Waals surface area contributed by atoms with Gasteiger partial charge in [0.1, 0.15) is 23.7 Å². The highest BCUT2D eigenvalue weighted by molar-refractivity contribution is 7.14. The van der Waals surface area contributed by atoms with E-state index in [-0.39, 0.29) is 22.2 Å². The number of fused-ring (bicyclic) bond motifs is 1. The summed E-state index contributed by atoms with van der Waals surface area (Å²) >= 11 is 0.877. The molecule has 40 heavy (non-hydrogen) atoms. The third kappa shape index (κ3) is 5.77. The van der Waals surface area contributed by atoms with Crippen LogP contribution in [0.4, 0.5) is 26.1 Å². The predicted molar refractivity (Wildman–Crippen MR) is 153 cm³/mol. The number of halogens is 2. The first kappa shape index (κ1) is 28.3. The van der Waals surface area contributed by atoms with Crippen LogP contribution >= 0.6 is 11.3 Å². The smallest absolute Gasteiger partial charge is 0.291 e. The Morgan fingerprint density at radius 3 is 2.60 bits per heavy atom. The van der Waals surface area contributed by atoms with Gasteiger partial charge in [0.15, 0.2) is 10.0 Å². The molecule has 0 aliphatic carbocycles. The number of aromatic nitrogens is 5. The van der Waals surface area contributed by atoms with Gasteiger partial charge in [0.2, 0.25) is 5.91 Å². The van der Waals surface area contributed by atoms with Crippen molar-refractivity contribution >= 4 is 34.6 Å². The van der Waals surface area contributed by atoms with Crippen molar-refractivity contribution in [2.75, 3.05) is 35.2 Å². The van der Waals surface area contributed by atoms with Gasteiger partial charge in [-0.1, -0.05) is 32.1 Å². The van der Waals surface area contributed by atoms with Gasteiger partial charge in [-0.3, -0.25) is 4.79 Å². The highest BCUT2D eigenvalue weighted by Crippen LogP contribution is 2.43. The Bertz CT molecular complexity index is 1380. The molecule has 1 amide bonds. The molecule has 214 valence electrons. The van der Waals surface area contributed by atoms with E-state index in [4.69, 9.17) is 4.98 Å². The van der Waals surface area contributed by atoms with E-state index >= 15 is 0 Å². The van der Waals surface area contributed by atoms with Gasteiger partial charge < -0.3 is 15.5 Å². The number of alkyl halides is 2. The van der Waals surface area contributed by atoms with Crippen molar-refractivity contribution in [3.8, 4) is 10.7 Å². The minimum absolute atomic E-state index is 0.0750. The summed E-state index contributed by atoms with van der Waals surface area (Å²) in [6.45, 7) is 12.8. The molecule has 0 saturated carbocycles. The molecule has 0 bridgehead atoms. The molecule has 5 rings (SSSR count). The van der Waals surface area contributed by atoms with Gasteiger partial charge >= 0.3 is 0 Å². The Hall–Kier alpha value is -3.28. The topological polar surface area (TPSA) is 109 Å². The summed E-state index contributed by atoms with van der Waals surface area (Å²) in [6.07, 6.45) is 2.62. The first-order valence-electron chi connectivity index (χ1n) is 13.7. The monoisotopic (exact) mass is 570 g/mol. The van der Waals surface area contributed by atoms with Gasteiger partial charge in [-0.25, -0.2) is 23.7 Å². The molecule has 0 unspecified atom stereocenters. The van der Waals surface area contributed by atoms with Crippen molar-refractivity contribution in [3.63, 3.8) is 0 Å². The molecule has 0 radical (unpaired) electrons. The molecule has 9 nitrogen and oxygen atoms in total. The molecule has 1 saturated heterocycles. The largest absolute Gasteiger partial charge is 0.384 e. The number of nitrogens with zero attached hydrogens (tertiary/aromatic N) is 6. The van der Waals surface area contributed by atoms with E-state index in [0.29, 0.717) is 16.5 Å². The van der Waals surface area contributed by atoms with E-state index in [1.54, 1.807) is 0 Å². The van der Waals surface area contributed by atoms with E-state index in [1.807, 2.05) is 26.0 Å². The zero-order valence-corrected chi connectivity index (χ0v) is 24.4. The maximum absolute atomic E-state index is 13.2. The van der Waals surface area contributed by atoms with E-state index in [9.17, 15) is 13.6 Å². The zero-order chi connectivity index (χ0) is 28.7. The van der Waals surface area contributed by atoms with Crippen molar-refractivity contribution in [2.45, 2.75) is 78.1 Å². The lowest BCUT2D eigenvalue weighted by atomic mass is 9.86. The van der Waals surface area contributed by atoms with Gasteiger partial charge in [0.05, 0.1) is 22.4 Å². The quantitative estimate of drug-likeness (QED) is 0.309. The van der Waals surface area contributed by atoms with E-state index in [0.717, 1.165) is 79.4 Å². The maximum Gasteiger partial charge on any atom is 0.291 e. The summed E-state index contributed by atoms with van der Waals surface area (Å²) in [7, 11) is 0. The van der Waals surface area contributed by atoms with E-state index in [2.05, 4.69) is 56.5 Å². The third-order valence-electron chi connectivity index (χ3n) is 7.62. The number of hydrogen-bond acceptors (Lipinski definition) is 9. The normalized spacial score (nSPS) is 17.3. The minimum atomic E-state index is -2.66. The van der Waals surface area contributed by atoms with Crippen LogP contribution in [-0.2, 0) is 10.2 Å². The fraction of sp³-hybridized carbons (Fsp3) is 0.571. The summed E-state index contributed by atoms with van der Waals surface area (Å²) in [5.41, 5.74) is 2.84. The second kappa shape index (κ2) is 10.9. The van der Waals surface area contributed by atoms with Crippen molar-refractivity contribution in [1.82, 2.24) is 25.1 Å². The average molecular weight is 571 g/mol. The minimum Gasteiger partial charge on any atom is -0.384 e. The number of carbonyl (C=O) groups is 1. The molecule has 1 fully saturated rings. The van der Waals surface area contributed by atoms with E-state index < -0.39 is 11.8 Å².